The number of carbonyl (C=O) groups is 2. The molecule has 1 saturated carbocycles. The van der Waals surface area contributed by atoms with Crippen molar-refractivity contribution < 1.29 is 19.1 Å². The fraction of sp³-hybridized carbons (Fsp3) is 0.542. The van der Waals surface area contributed by atoms with Crippen molar-refractivity contribution in [3.63, 3.8) is 0 Å². The number of hydrogen-bond acceptors (Lipinski definition) is 6. The van der Waals surface area contributed by atoms with Crippen molar-refractivity contribution in [2.45, 2.75) is 65.8 Å². The summed E-state index contributed by atoms with van der Waals surface area (Å²) in [5, 5.41) is 1.11. The number of hydrogen-bond donors (Lipinski definition) is 0. The number of fused-ring (bicyclic) bond motifs is 1. The summed E-state index contributed by atoms with van der Waals surface area (Å²) in [4.78, 5) is 31.5. The third-order valence-corrected chi connectivity index (χ3v) is 6.56. The lowest BCUT2D eigenvalue weighted by molar-refractivity contribution is 0.0600. The summed E-state index contributed by atoms with van der Waals surface area (Å²) in [5.41, 5.74) is 2.79. The molecule has 0 N–H and O–H groups in total. The number of aromatic nitrogens is 1. The summed E-state index contributed by atoms with van der Waals surface area (Å²) in [6, 6.07) is 7.64. The van der Waals surface area contributed by atoms with Gasteiger partial charge >= 0.3 is 12.1 Å². The molecule has 0 unspecified atom stereocenters. The van der Waals surface area contributed by atoms with E-state index in [0.717, 1.165) is 34.8 Å². The van der Waals surface area contributed by atoms with Gasteiger partial charge in [0.2, 0.25) is 0 Å². The molecule has 2 heterocycles. The largest absolute Gasteiger partial charge is 0.465 e. The summed E-state index contributed by atoms with van der Waals surface area (Å²) >= 11 is 1.70. The zero-order chi connectivity index (χ0) is 23.0. The predicted octanol–water partition coefficient (Wildman–Crippen LogP) is 5.58. The Morgan fingerprint density at radius 1 is 1.13 bits per heavy atom. The van der Waals surface area contributed by atoms with Gasteiger partial charge in [0.25, 0.3) is 0 Å². The molecule has 2 aromatic rings. The fourth-order valence-corrected chi connectivity index (χ4v) is 4.96. The Hall–Kier alpha value is -2.41. The molecule has 0 spiro atoms. The lowest BCUT2D eigenvalue weighted by atomic mass is 9.95. The topological polar surface area (TPSA) is 68.7 Å². The third kappa shape index (κ3) is 5.26. The van der Waals surface area contributed by atoms with E-state index >= 15 is 0 Å². The number of ether oxygens (including phenoxy) is 2. The van der Waals surface area contributed by atoms with Gasteiger partial charge in [-0.2, -0.15) is 0 Å². The first-order valence-corrected chi connectivity index (χ1v) is 12.0. The molecule has 1 aliphatic carbocycles. The van der Waals surface area contributed by atoms with Crippen LogP contribution in [0, 0.1) is 0 Å². The molecule has 1 aromatic carbocycles. The number of methoxy groups -OCH3 is 1. The van der Waals surface area contributed by atoms with E-state index in [1.165, 1.54) is 12.7 Å². The second-order valence-corrected chi connectivity index (χ2v) is 7.99. The number of rotatable bonds is 4. The number of amides is 1. The van der Waals surface area contributed by atoms with E-state index < -0.39 is 0 Å². The summed E-state index contributed by atoms with van der Waals surface area (Å²) in [7, 11) is 1.39. The highest BCUT2D eigenvalue weighted by atomic mass is 32.1. The van der Waals surface area contributed by atoms with Crippen molar-refractivity contribution in [1.29, 1.82) is 0 Å². The van der Waals surface area contributed by atoms with Crippen LogP contribution in [0.1, 0.15) is 79.0 Å². The van der Waals surface area contributed by atoms with Crippen LogP contribution in [0.4, 0.5) is 4.79 Å². The Balaban J connectivity index is 0.000000807. The van der Waals surface area contributed by atoms with Crippen LogP contribution in [-0.4, -0.2) is 42.2 Å². The first-order valence-electron chi connectivity index (χ1n) is 11.2. The van der Waals surface area contributed by atoms with Crippen LogP contribution in [0.2, 0.25) is 0 Å². The van der Waals surface area contributed by atoms with E-state index in [4.69, 9.17) is 14.5 Å². The molecule has 1 aliphatic heterocycles. The van der Waals surface area contributed by atoms with Gasteiger partial charge in [0.05, 0.1) is 31.5 Å². The minimum absolute atomic E-state index is 0.0502. The SMILES string of the molecule is CC.CC.CCOC(=O)N1CCc2nc(C3(c4ccc(C(=O)OC)cc4)CC3)sc2C1. The Labute approximate surface area is 189 Å². The average Bonchev–Trinajstić information content (AvgIpc) is 3.53. The van der Waals surface area contributed by atoms with Crippen molar-refractivity contribution in [2.75, 3.05) is 20.3 Å². The highest BCUT2D eigenvalue weighted by Crippen LogP contribution is 2.55. The van der Waals surface area contributed by atoms with Crippen LogP contribution in [-0.2, 0) is 27.9 Å². The molecule has 0 atom stereocenters. The summed E-state index contributed by atoms with van der Waals surface area (Å²) < 4.78 is 9.90. The van der Waals surface area contributed by atoms with Crippen LogP contribution in [0.15, 0.2) is 24.3 Å². The third-order valence-electron chi connectivity index (χ3n) is 5.28. The van der Waals surface area contributed by atoms with Crippen LogP contribution >= 0.6 is 11.3 Å². The van der Waals surface area contributed by atoms with Gasteiger partial charge in [-0.1, -0.05) is 39.8 Å². The monoisotopic (exact) mass is 446 g/mol. The van der Waals surface area contributed by atoms with E-state index in [9.17, 15) is 9.59 Å². The number of esters is 1. The van der Waals surface area contributed by atoms with Crippen molar-refractivity contribution in [1.82, 2.24) is 9.88 Å². The molecule has 170 valence electrons. The zero-order valence-corrected chi connectivity index (χ0v) is 20.3. The first-order chi connectivity index (χ1) is 15.1. The van der Waals surface area contributed by atoms with E-state index in [2.05, 4.69) is 0 Å². The Morgan fingerprint density at radius 2 is 1.77 bits per heavy atom. The smallest absolute Gasteiger partial charge is 0.410 e. The second-order valence-electron chi connectivity index (χ2n) is 6.91. The summed E-state index contributed by atoms with van der Waals surface area (Å²) in [6.07, 6.45) is 2.62. The van der Waals surface area contributed by atoms with Crippen LogP contribution in [0.25, 0.3) is 0 Å². The molecule has 0 saturated heterocycles. The minimum atomic E-state index is -0.324. The van der Waals surface area contributed by atoms with E-state index in [1.807, 2.05) is 58.9 Å². The maximum absolute atomic E-state index is 12.0. The Morgan fingerprint density at radius 3 is 2.32 bits per heavy atom. The molecular weight excluding hydrogens is 412 g/mol. The van der Waals surface area contributed by atoms with Crippen molar-refractivity contribution in [3.05, 3.63) is 51.0 Å². The van der Waals surface area contributed by atoms with Crippen molar-refractivity contribution >= 4 is 23.4 Å². The highest BCUT2D eigenvalue weighted by molar-refractivity contribution is 7.12. The normalized spacial score (nSPS) is 15.4. The summed E-state index contributed by atoms with van der Waals surface area (Å²) in [5.74, 6) is -0.324. The fourth-order valence-electron chi connectivity index (χ4n) is 3.56. The molecule has 1 amide bonds. The van der Waals surface area contributed by atoms with Gasteiger partial charge in [0.1, 0.15) is 5.01 Å². The molecule has 0 bridgehead atoms. The molecule has 1 aromatic heterocycles. The first kappa shape index (κ1) is 24.9. The van der Waals surface area contributed by atoms with Gasteiger partial charge in [0.15, 0.2) is 0 Å². The maximum atomic E-state index is 12.0. The standard InChI is InChI=1S/C20H22N2O4S.2C2H6/c1-3-26-19(24)22-11-8-15-16(12-22)27-18(21-15)20(9-10-20)14-6-4-13(5-7-14)17(23)25-2;2*1-2/h4-7H,3,8-12H2,1-2H3;2*1-2H3. The lowest BCUT2D eigenvalue weighted by Crippen LogP contribution is -2.35. The second kappa shape index (κ2) is 11.3. The predicted molar refractivity (Wildman–Crippen MR) is 124 cm³/mol. The van der Waals surface area contributed by atoms with Crippen LogP contribution < -0.4 is 0 Å². The van der Waals surface area contributed by atoms with Crippen molar-refractivity contribution in [2.24, 2.45) is 0 Å². The van der Waals surface area contributed by atoms with Gasteiger partial charge in [-0.25, -0.2) is 14.6 Å². The summed E-state index contributed by atoms with van der Waals surface area (Å²) in [6.45, 7) is 11.4. The number of thiazole rings is 1. The van der Waals surface area contributed by atoms with Gasteiger partial charge in [0, 0.05) is 23.3 Å². The van der Waals surface area contributed by atoms with Crippen LogP contribution in [0.5, 0.6) is 0 Å². The van der Waals surface area contributed by atoms with E-state index in [-0.39, 0.29) is 17.5 Å². The molecule has 1 fully saturated rings. The minimum Gasteiger partial charge on any atom is -0.465 e. The number of nitrogens with zero attached hydrogens (tertiary/aromatic N) is 2. The number of benzene rings is 1. The van der Waals surface area contributed by atoms with Gasteiger partial charge in [-0.3, -0.25) is 0 Å². The molecule has 4 rings (SSSR count). The molecule has 7 heteroatoms. The highest BCUT2D eigenvalue weighted by Gasteiger charge is 2.49. The maximum Gasteiger partial charge on any atom is 0.410 e. The lowest BCUT2D eigenvalue weighted by Gasteiger charge is -2.24. The number of carbonyl (C=O) groups excluding carboxylic acids is 2. The molecule has 0 radical (unpaired) electrons. The Bertz CT molecular complexity index is 872. The average molecular weight is 447 g/mol. The zero-order valence-electron chi connectivity index (χ0n) is 19.5. The molecule has 31 heavy (non-hydrogen) atoms. The van der Waals surface area contributed by atoms with Gasteiger partial charge in [-0.15, -0.1) is 11.3 Å². The van der Waals surface area contributed by atoms with Crippen molar-refractivity contribution in [3.8, 4) is 0 Å². The molecule has 6 nitrogen and oxygen atoms in total. The van der Waals surface area contributed by atoms with Gasteiger partial charge < -0.3 is 14.4 Å². The molecule has 2 aliphatic rings. The van der Waals surface area contributed by atoms with E-state index in [1.54, 1.807) is 16.2 Å². The van der Waals surface area contributed by atoms with E-state index in [0.29, 0.717) is 25.3 Å². The van der Waals surface area contributed by atoms with Crippen LogP contribution in [0.3, 0.4) is 0 Å². The quantitative estimate of drug-likeness (QED) is 0.574. The molecular formula is C24H34N2O4S. The Kier molecular flexibility index (Phi) is 9.04. The van der Waals surface area contributed by atoms with Gasteiger partial charge in [-0.05, 0) is 37.5 Å².